The van der Waals surface area contributed by atoms with Crippen LogP contribution in [0, 0.1) is 0 Å². The van der Waals surface area contributed by atoms with Crippen LogP contribution in [0.1, 0.15) is 26.4 Å². The Hall–Kier alpha value is -3.72. The molecule has 0 atom stereocenters. The van der Waals surface area contributed by atoms with Crippen molar-refractivity contribution in [2.24, 2.45) is 5.10 Å². The molecule has 0 aliphatic rings. The summed E-state index contributed by atoms with van der Waals surface area (Å²) in [6.07, 6.45) is 1.42. The monoisotopic (exact) mass is 649 g/mol. The third kappa shape index (κ3) is 5.57. The molecule has 38 heavy (non-hydrogen) atoms. The molecule has 0 spiro atoms. The minimum absolute atomic E-state index is 0.293. The predicted octanol–water partition coefficient (Wildman–Crippen LogP) is 8.00. The Morgan fingerprint density at radius 1 is 0.895 bits per heavy atom. The number of H-pyrrole nitrogens is 1. The number of benzene rings is 4. The minimum Gasteiger partial charge on any atom is -0.422 e. The number of aromatic amines is 1. The van der Waals surface area contributed by atoms with Gasteiger partial charge < -0.3 is 9.72 Å². The van der Waals surface area contributed by atoms with E-state index < -0.39 is 11.9 Å². The first kappa shape index (κ1) is 25.9. The van der Waals surface area contributed by atoms with Gasteiger partial charge in [-0.15, -0.1) is 0 Å². The Labute approximate surface area is 239 Å². The second kappa shape index (κ2) is 11.3. The van der Waals surface area contributed by atoms with Gasteiger partial charge in [0.05, 0.1) is 11.8 Å². The maximum atomic E-state index is 13.3. The molecule has 5 rings (SSSR count). The molecule has 9 heteroatoms. The summed E-state index contributed by atoms with van der Waals surface area (Å²) in [6, 6.07) is 26.9. The molecular formula is C29H18Br2ClN3O3. The number of nitrogens with zero attached hydrogens (tertiary/aromatic N) is 1. The van der Waals surface area contributed by atoms with Crippen LogP contribution in [0.4, 0.5) is 0 Å². The Kier molecular flexibility index (Phi) is 7.74. The summed E-state index contributed by atoms with van der Waals surface area (Å²) in [7, 11) is 0. The number of carbonyl (C=O) groups excluding carboxylic acids is 2. The SMILES string of the molecule is O=C(Oc1ccc(Br)cc1C=NNC(=O)c1[nH]c2ccccc2c1-c1ccccc1Cl)c1ccc(Br)cc1. The van der Waals surface area contributed by atoms with E-state index in [0.29, 0.717) is 33.2 Å². The molecule has 1 aromatic heterocycles. The van der Waals surface area contributed by atoms with Gasteiger partial charge in [0.15, 0.2) is 0 Å². The Balaban J connectivity index is 1.41. The highest BCUT2D eigenvalue weighted by Gasteiger charge is 2.20. The number of ether oxygens (including phenoxy) is 1. The average Bonchev–Trinajstić information content (AvgIpc) is 3.30. The van der Waals surface area contributed by atoms with E-state index in [1.54, 1.807) is 48.5 Å². The van der Waals surface area contributed by atoms with Gasteiger partial charge in [-0.2, -0.15) is 5.10 Å². The lowest BCUT2D eigenvalue weighted by molar-refractivity contribution is 0.0734. The van der Waals surface area contributed by atoms with Crippen LogP contribution in [0.2, 0.25) is 5.02 Å². The second-order valence-electron chi connectivity index (χ2n) is 8.18. The van der Waals surface area contributed by atoms with Gasteiger partial charge in [-0.3, -0.25) is 4.79 Å². The molecule has 0 saturated carbocycles. The minimum atomic E-state index is -0.513. The number of nitrogens with one attached hydrogen (secondary N) is 2. The third-order valence-electron chi connectivity index (χ3n) is 5.70. The van der Waals surface area contributed by atoms with E-state index in [9.17, 15) is 9.59 Å². The van der Waals surface area contributed by atoms with Gasteiger partial charge in [0, 0.05) is 41.6 Å². The topological polar surface area (TPSA) is 83.5 Å². The van der Waals surface area contributed by atoms with Crippen LogP contribution in [0.3, 0.4) is 0 Å². The van der Waals surface area contributed by atoms with Crippen molar-refractivity contribution in [3.05, 3.63) is 122 Å². The fourth-order valence-corrected chi connectivity index (χ4v) is 4.80. The highest BCUT2D eigenvalue weighted by atomic mass is 79.9. The zero-order chi connectivity index (χ0) is 26.6. The summed E-state index contributed by atoms with van der Waals surface area (Å²) in [5.74, 6) is -0.668. The maximum Gasteiger partial charge on any atom is 0.343 e. The summed E-state index contributed by atoms with van der Waals surface area (Å²) in [5.41, 5.74) is 6.01. The fourth-order valence-electron chi connectivity index (χ4n) is 3.93. The van der Waals surface area contributed by atoms with Gasteiger partial charge in [0.25, 0.3) is 5.91 Å². The average molecular weight is 652 g/mol. The second-order valence-corrected chi connectivity index (χ2v) is 10.4. The van der Waals surface area contributed by atoms with Crippen molar-refractivity contribution in [3.63, 3.8) is 0 Å². The molecule has 1 heterocycles. The third-order valence-corrected chi connectivity index (χ3v) is 7.05. The first-order valence-electron chi connectivity index (χ1n) is 11.4. The number of aromatic nitrogens is 1. The van der Waals surface area contributed by atoms with Crippen LogP contribution in [-0.4, -0.2) is 23.1 Å². The Morgan fingerprint density at radius 2 is 1.61 bits per heavy atom. The molecule has 188 valence electrons. The molecule has 5 aromatic rings. The van der Waals surface area contributed by atoms with Crippen LogP contribution >= 0.6 is 43.5 Å². The number of hydrazone groups is 1. The molecule has 6 nitrogen and oxygen atoms in total. The molecule has 4 aromatic carbocycles. The smallest absolute Gasteiger partial charge is 0.343 e. The van der Waals surface area contributed by atoms with Crippen LogP contribution in [-0.2, 0) is 0 Å². The van der Waals surface area contributed by atoms with Crippen LogP contribution < -0.4 is 10.2 Å². The molecule has 0 saturated heterocycles. The van der Waals surface area contributed by atoms with Crippen molar-refractivity contribution in [2.45, 2.75) is 0 Å². The zero-order valence-electron chi connectivity index (χ0n) is 19.5. The highest BCUT2D eigenvalue weighted by Crippen LogP contribution is 2.36. The van der Waals surface area contributed by atoms with Gasteiger partial charge >= 0.3 is 5.97 Å². The van der Waals surface area contributed by atoms with Gasteiger partial charge in [0.2, 0.25) is 0 Å². The normalized spacial score (nSPS) is 11.1. The zero-order valence-corrected chi connectivity index (χ0v) is 23.5. The largest absolute Gasteiger partial charge is 0.422 e. The molecule has 1 amide bonds. The number of rotatable bonds is 6. The summed E-state index contributed by atoms with van der Waals surface area (Å²) in [6.45, 7) is 0. The molecule has 0 aliphatic heterocycles. The summed E-state index contributed by atoms with van der Waals surface area (Å²) < 4.78 is 7.21. The number of halogens is 3. The molecule has 0 aliphatic carbocycles. The van der Waals surface area contributed by atoms with Crippen molar-refractivity contribution in [3.8, 4) is 16.9 Å². The number of carbonyl (C=O) groups is 2. The van der Waals surface area contributed by atoms with Crippen molar-refractivity contribution < 1.29 is 14.3 Å². The fraction of sp³-hybridized carbons (Fsp3) is 0. The van der Waals surface area contributed by atoms with E-state index >= 15 is 0 Å². The number of para-hydroxylation sites is 1. The van der Waals surface area contributed by atoms with Crippen molar-refractivity contribution in [1.82, 2.24) is 10.4 Å². The van der Waals surface area contributed by atoms with E-state index in [2.05, 4.69) is 47.4 Å². The quantitative estimate of drug-likeness (QED) is 0.0845. The van der Waals surface area contributed by atoms with Crippen LogP contribution in [0.15, 0.2) is 105 Å². The molecular weight excluding hydrogens is 634 g/mol. The van der Waals surface area contributed by atoms with Gasteiger partial charge in [-0.1, -0.05) is 79.9 Å². The van der Waals surface area contributed by atoms with Crippen LogP contribution in [0.25, 0.3) is 22.0 Å². The number of fused-ring (bicyclic) bond motifs is 1. The lowest BCUT2D eigenvalue weighted by atomic mass is 10.0. The van der Waals surface area contributed by atoms with Crippen molar-refractivity contribution in [1.29, 1.82) is 0 Å². The summed E-state index contributed by atoms with van der Waals surface area (Å²) in [5, 5.41) is 5.54. The molecule has 0 fully saturated rings. The molecule has 0 radical (unpaired) electrons. The first-order chi connectivity index (χ1) is 18.4. The number of esters is 1. The maximum absolute atomic E-state index is 13.3. The lowest BCUT2D eigenvalue weighted by Crippen LogP contribution is -2.19. The number of hydrogen-bond acceptors (Lipinski definition) is 4. The number of hydrogen-bond donors (Lipinski definition) is 2. The summed E-state index contributed by atoms with van der Waals surface area (Å²) in [4.78, 5) is 29.1. The Morgan fingerprint density at radius 3 is 2.39 bits per heavy atom. The highest BCUT2D eigenvalue weighted by molar-refractivity contribution is 9.10. The Bertz CT molecular complexity index is 1700. The van der Waals surface area contributed by atoms with E-state index in [4.69, 9.17) is 16.3 Å². The first-order valence-corrected chi connectivity index (χ1v) is 13.3. The summed E-state index contributed by atoms with van der Waals surface area (Å²) >= 11 is 13.3. The van der Waals surface area contributed by atoms with Crippen molar-refractivity contribution >= 4 is 72.5 Å². The number of amides is 1. The molecule has 0 unspecified atom stereocenters. The van der Waals surface area contributed by atoms with E-state index in [-0.39, 0.29) is 0 Å². The van der Waals surface area contributed by atoms with Crippen LogP contribution in [0.5, 0.6) is 5.75 Å². The van der Waals surface area contributed by atoms with Crippen molar-refractivity contribution in [2.75, 3.05) is 0 Å². The van der Waals surface area contributed by atoms with E-state index in [1.165, 1.54) is 6.21 Å². The van der Waals surface area contributed by atoms with Gasteiger partial charge in [-0.05, 0) is 54.6 Å². The van der Waals surface area contributed by atoms with E-state index in [0.717, 1.165) is 25.4 Å². The van der Waals surface area contributed by atoms with Gasteiger partial charge in [0.1, 0.15) is 11.4 Å². The molecule has 0 bridgehead atoms. The molecule has 2 N–H and O–H groups in total. The standard InChI is InChI=1S/C29H18Br2ClN3O3/c30-19-11-9-17(10-12-19)29(37)38-25-14-13-20(31)15-18(25)16-33-35-28(36)27-26(21-5-1-3-7-23(21)32)22-6-2-4-8-24(22)34-27/h1-16,34H,(H,35,36). The predicted molar refractivity (Wildman–Crippen MR) is 157 cm³/mol. The lowest BCUT2D eigenvalue weighted by Gasteiger charge is -2.09. The van der Waals surface area contributed by atoms with E-state index in [1.807, 2.05) is 42.5 Å². The van der Waals surface area contributed by atoms with Gasteiger partial charge in [-0.25, -0.2) is 10.2 Å².